The van der Waals surface area contributed by atoms with Crippen LogP contribution in [0.2, 0.25) is 0 Å². The van der Waals surface area contributed by atoms with Gasteiger partial charge in [0, 0.05) is 12.7 Å². The van der Waals surface area contributed by atoms with E-state index in [-0.39, 0.29) is 6.67 Å². The first-order valence-corrected chi connectivity index (χ1v) is 6.46. The molecule has 8 heteroatoms. The number of nitrogens with one attached hydrogen (secondary N) is 1. The van der Waals surface area contributed by atoms with Gasteiger partial charge in [-0.15, -0.1) is 5.10 Å². The van der Waals surface area contributed by atoms with Crippen LogP contribution >= 0.6 is 0 Å². The molecule has 0 aliphatic heterocycles. The van der Waals surface area contributed by atoms with Crippen molar-refractivity contribution in [2.45, 2.75) is 19.5 Å². The highest BCUT2D eigenvalue weighted by Gasteiger charge is 2.12. The van der Waals surface area contributed by atoms with E-state index in [1.165, 1.54) is 7.11 Å². The van der Waals surface area contributed by atoms with Gasteiger partial charge >= 0.3 is 5.97 Å². The number of anilines is 1. The number of carbonyl (C=O) groups excluding carboxylic acids is 1. The molecule has 0 aliphatic rings. The summed E-state index contributed by atoms with van der Waals surface area (Å²) in [6, 6.07) is 3.28. The lowest BCUT2D eigenvalue weighted by molar-refractivity contribution is 0.0601. The minimum Gasteiger partial charge on any atom is -0.465 e. The van der Waals surface area contributed by atoms with Crippen LogP contribution in [0, 0.1) is 0 Å². The average molecular weight is 293 g/mol. The predicted octanol–water partition coefficient (Wildman–Crippen LogP) is 1.43. The number of rotatable bonds is 7. The lowest BCUT2D eigenvalue weighted by atomic mass is 10.2. The Balaban J connectivity index is 2.00. The molecule has 2 aromatic heterocycles. The fourth-order valence-corrected chi connectivity index (χ4v) is 1.75. The first-order chi connectivity index (χ1) is 10.2. The molecule has 2 heterocycles. The third kappa shape index (κ3) is 3.98. The smallest absolute Gasteiger partial charge is 0.341 e. The molecule has 0 radical (unpaired) electrons. The second kappa shape index (κ2) is 7.32. The van der Waals surface area contributed by atoms with Crippen molar-refractivity contribution in [3.63, 3.8) is 0 Å². The number of ether oxygens (including phenoxy) is 1. The molecule has 0 saturated heterocycles. The van der Waals surface area contributed by atoms with Gasteiger partial charge < -0.3 is 10.1 Å². The molecule has 0 amide bonds. The fourth-order valence-electron chi connectivity index (χ4n) is 1.75. The van der Waals surface area contributed by atoms with E-state index in [2.05, 4.69) is 20.6 Å². The summed E-state index contributed by atoms with van der Waals surface area (Å²) in [5.41, 5.74) is 1.03. The van der Waals surface area contributed by atoms with Crippen molar-refractivity contribution in [2.75, 3.05) is 19.1 Å². The molecule has 0 atom stereocenters. The van der Waals surface area contributed by atoms with Crippen LogP contribution in [0.3, 0.4) is 0 Å². The number of hydrogen-bond donors (Lipinski definition) is 1. The van der Waals surface area contributed by atoms with E-state index in [0.717, 1.165) is 0 Å². The van der Waals surface area contributed by atoms with Crippen molar-refractivity contribution in [3.05, 3.63) is 35.8 Å². The number of alkyl halides is 1. The zero-order valence-electron chi connectivity index (χ0n) is 11.6. The van der Waals surface area contributed by atoms with E-state index in [4.69, 9.17) is 4.74 Å². The molecule has 0 bridgehead atoms. The molecule has 0 saturated carbocycles. The van der Waals surface area contributed by atoms with Crippen LogP contribution in [-0.2, 0) is 17.8 Å². The number of hydrogen-bond acceptors (Lipinski definition) is 6. The predicted molar refractivity (Wildman–Crippen MR) is 73.5 cm³/mol. The number of halogens is 1. The second-order valence-electron chi connectivity index (χ2n) is 4.26. The zero-order valence-corrected chi connectivity index (χ0v) is 11.6. The van der Waals surface area contributed by atoms with Crippen LogP contribution in [0.25, 0.3) is 0 Å². The number of aryl methyl sites for hydroxylation is 1. The minimum atomic E-state index is -0.461. The number of methoxy groups -OCH3 is 1. The van der Waals surface area contributed by atoms with Crippen LogP contribution in [-0.4, -0.2) is 39.7 Å². The topological polar surface area (TPSA) is 81.9 Å². The Morgan fingerprint density at radius 2 is 2.38 bits per heavy atom. The standard InChI is InChI=1S/C13H16FN5O2/c1-21-13(20)11-4-2-6-15-12(11)16-8-10-9-19(18-17-10)7-3-5-14/h2,4,6,9H,3,5,7-8H2,1H3,(H,15,16). The molecule has 0 fully saturated rings. The molecule has 2 aromatic rings. The number of carbonyl (C=O) groups is 1. The van der Waals surface area contributed by atoms with Crippen molar-refractivity contribution in [2.24, 2.45) is 0 Å². The lowest BCUT2D eigenvalue weighted by Crippen LogP contribution is -2.10. The number of esters is 1. The van der Waals surface area contributed by atoms with Crippen LogP contribution in [0.15, 0.2) is 24.5 Å². The van der Waals surface area contributed by atoms with E-state index in [1.807, 2.05) is 0 Å². The summed E-state index contributed by atoms with van der Waals surface area (Å²) in [7, 11) is 1.32. The van der Waals surface area contributed by atoms with Crippen molar-refractivity contribution in [1.82, 2.24) is 20.0 Å². The molecule has 112 valence electrons. The summed E-state index contributed by atoms with van der Waals surface area (Å²) in [5, 5.41) is 10.9. The van der Waals surface area contributed by atoms with Gasteiger partial charge in [-0.2, -0.15) is 0 Å². The second-order valence-corrected chi connectivity index (χ2v) is 4.26. The number of nitrogens with zero attached hydrogens (tertiary/aromatic N) is 4. The van der Waals surface area contributed by atoms with Crippen LogP contribution in [0.4, 0.5) is 10.2 Å². The molecule has 0 aromatic carbocycles. The maximum absolute atomic E-state index is 12.1. The summed E-state index contributed by atoms with van der Waals surface area (Å²) in [5.74, 6) is -0.0418. The summed E-state index contributed by atoms with van der Waals surface area (Å²) < 4.78 is 18.4. The summed E-state index contributed by atoms with van der Waals surface area (Å²) in [6.07, 6.45) is 3.71. The molecule has 0 unspecified atom stereocenters. The summed E-state index contributed by atoms with van der Waals surface area (Å²) >= 11 is 0. The summed E-state index contributed by atoms with van der Waals surface area (Å²) in [4.78, 5) is 15.7. The molecular weight excluding hydrogens is 277 g/mol. The van der Waals surface area contributed by atoms with Crippen LogP contribution in [0.1, 0.15) is 22.5 Å². The molecule has 0 spiro atoms. The highest BCUT2D eigenvalue weighted by Crippen LogP contribution is 2.13. The van der Waals surface area contributed by atoms with Gasteiger partial charge in [-0.3, -0.25) is 9.07 Å². The maximum Gasteiger partial charge on any atom is 0.341 e. The van der Waals surface area contributed by atoms with E-state index < -0.39 is 5.97 Å². The van der Waals surface area contributed by atoms with Crippen molar-refractivity contribution in [1.29, 1.82) is 0 Å². The van der Waals surface area contributed by atoms with E-state index >= 15 is 0 Å². The van der Waals surface area contributed by atoms with Crippen LogP contribution < -0.4 is 5.32 Å². The maximum atomic E-state index is 12.1. The van der Waals surface area contributed by atoms with Gasteiger partial charge in [0.2, 0.25) is 0 Å². The van der Waals surface area contributed by atoms with Crippen molar-refractivity contribution < 1.29 is 13.9 Å². The Morgan fingerprint density at radius 3 is 3.14 bits per heavy atom. The molecule has 2 rings (SSSR count). The van der Waals surface area contributed by atoms with E-state index in [1.54, 1.807) is 29.2 Å². The summed E-state index contributed by atoms with van der Waals surface area (Å²) in [6.45, 7) is 0.459. The molecular formula is C13H16FN5O2. The van der Waals surface area contributed by atoms with Gasteiger partial charge in [0.1, 0.15) is 17.1 Å². The largest absolute Gasteiger partial charge is 0.465 e. The lowest BCUT2D eigenvalue weighted by Gasteiger charge is -2.07. The van der Waals surface area contributed by atoms with Crippen molar-refractivity contribution >= 4 is 11.8 Å². The monoisotopic (exact) mass is 293 g/mol. The Kier molecular flexibility index (Phi) is 5.19. The Labute approximate surface area is 121 Å². The van der Waals surface area contributed by atoms with Gasteiger partial charge in [0.05, 0.1) is 26.5 Å². The highest BCUT2D eigenvalue weighted by atomic mass is 19.1. The normalized spacial score (nSPS) is 10.4. The minimum absolute atomic E-state index is 0.352. The quantitative estimate of drug-likeness (QED) is 0.778. The van der Waals surface area contributed by atoms with Gasteiger partial charge in [0.25, 0.3) is 0 Å². The number of aromatic nitrogens is 4. The van der Waals surface area contributed by atoms with Gasteiger partial charge in [-0.05, 0) is 18.6 Å². The van der Waals surface area contributed by atoms with E-state index in [0.29, 0.717) is 36.6 Å². The third-order valence-electron chi connectivity index (χ3n) is 2.76. The fraction of sp³-hybridized carbons (Fsp3) is 0.385. The SMILES string of the molecule is COC(=O)c1cccnc1NCc1cn(CCCF)nn1. The number of pyridine rings is 1. The Morgan fingerprint density at radius 1 is 1.52 bits per heavy atom. The Bertz CT molecular complexity index is 602. The van der Waals surface area contributed by atoms with Gasteiger partial charge in [0.15, 0.2) is 0 Å². The molecule has 21 heavy (non-hydrogen) atoms. The first-order valence-electron chi connectivity index (χ1n) is 6.46. The van der Waals surface area contributed by atoms with Gasteiger partial charge in [-0.1, -0.05) is 5.21 Å². The molecule has 0 aliphatic carbocycles. The van der Waals surface area contributed by atoms with Crippen molar-refractivity contribution in [3.8, 4) is 0 Å². The van der Waals surface area contributed by atoms with E-state index in [9.17, 15) is 9.18 Å². The average Bonchev–Trinajstić information content (AvgIpc) is 2.98. The zero-order chi connectivity index (χ0) is 15.1. The van der Waals surface area contributed by atoms with Crippen LogP contribution in [0.5, 0.6) is 0 Å². The third-order valence-corrected chi connectivity index (χ3v) is 2.76. The molecule has 1 N–H and O–H groups in total. The van der Waals surface area contributed by atoms with Gasteiger partial charge in [-0.25, -0.2) is 9.78 Å². The Hall–Kier alpha value is -2.51. The molecule has 7 nitrogen and oxygen atoms in total. The first kappa shape index (κ1) is 14.9. The highest BCUT2D eigenvalue weighted by molar-refractivity contribution is 5.94.